The van der Waals surface area contributed by atoms with Gasteiger partial charge in [-0.3, -0.25) is 4.79 Å². The van der Waals surface area contributed by atoms with Crippen molar-refractivity contribution < 1.29 is 27.1 Å². The maximum atomic E-state index is 13.1. The van der Waals surface area contributed by atoms with Gasteiger partial charge in [-0.1, -0.05) is 25.4 Å². The molecule has 0 spiro atoms. The number of rotatable bonds is 8. The molecule has 0 aliphatic rings. The SMILES string of the molecule is CCN(CC)S(=O)(=O)c1ccc(Cl)c(NC(=O)C(C)OC(=O)c2ccc(F)cc2N)c1. The van der Waals surface area contributed by atoms with Gasteiger partial charge in [0.15, 0.2) is 6.10 Å². The second-order valence-corrected chi connectivity index (χ2v) is 8.84. The second kappa shape index (κ2) is 10.1. The summed E-state index contributed by atoms with van der Waals surface area (Å²) in [4.78, 5) is 24.7. The molecule has 8 nitrogen and oxygen atoms in total. The molecule has 1 unspecified atom stereocenters. The van der Waals surface area contributed by atoms with E-state index in [4.69, 9.17) is 22.1 Å². The molecule has 31 heavy (non-hydrogen) atoms. The van der Waals surface area contributed by atoms with Crippen LogP contribution in [0.1, 0.15) is 31.1 Å². The molecule has 0 aromatic heterocycles. The number of nitrogens with one attached hydrogen (secondary N) is 1. The summed E-state index contributed by atoms with van der Waals surface area (Å²) in [6.07, 6.45) is -1.27. The summed E-state index contributed by atoms with van der Waals surface area (Å²) >= 11 is 6.10. The molecule has 2 rings (SSSR count). The average molecular weight is 472 g/mol. The van der Waals surface area contributed by atoms with Crippen LogP contribution in [0.15, 0.2) is 41.3 Å². The maximum absolute atomic E-state index is 13.1. The molecule has 0 saturated heterocycles. The summed E-state index contributed by atoms with van der Waals surface area (Å²) < 4.78 is 44.9. The normalized spacial score (nSPS) is 12.5. The number of sulfonamides is 1. The summed E-state index contributed by atoms with van der Waals surface area (Å²) in [7, 11) is -3.77. The van der Waals surface area contributed by atoms with Crippen molar-refractivity contribution in [3.63, 3.8) is 0 Å². The Morgan fingerprint density at radius 2 is 1.84 bits per heavy atom. The highest BCUT2D eigenvalue weighted by Gasteiger charge is 2.25. The van der Waals surface area contributed by atoms with Gasteiger partial charge in [-0.25, -0.2) is 17.6 Å². The fourth-order valence-electron chi connectivity index (χ4n) is 2.70. The van der Waals surface area contributed by atoms with E-state index in [0.29, 0.717) is 0 Å². The van der Waals surface area contributed by atoms with Gasteiger partial charge in [0, 0.05) is 18.8 Å². The van der Waals surface area contributed by atoms with Gasteiger partial charge < -0.3 is 15.8 Å². The number of hydrogen-bond acceptors (Lipinski definition) is 6. The van der Waals surface area contributed by atoms with E-state index >= 15 is 0 Å². The van der Waals surface area contributed by atoms with E-state index in [1.165, 1.54) is 29.4 Å². The molecule has 0 radical (unpaired) electrons. The molecular formula is C20H23ClFN3O5S. The van der Waals surface area contributed by atoms with Crippen molar-refractivity contribution in [2.24, 2.45) is 0 Å². The fraction of sp³-hybridized carbons (Fsp3) is 0.300. The molecule has 1 amide bonds. The zero-order chi connectivity index (χ0) is 23.3. The first-order valence-electron chi connectivity index (χ1n) is 9.37. The number of nitrogens with two attached hydrogens (primary N) is 1. The van der Waals surface area contributed by atoms with Crippen LogP contribution in [0.3, 0.4) is 0 Å². The number of nitrogens with zero attached hydrogens (tertiary/aromatic N) is 1. The Labute approximate surface area is 185 Å². The standard InChI is InChI=1S/C20H23ClFN3O5S/c1-4-25(5-2)31(28,29)14-7-9-16(21)18(11-14)24-19(26)12(3)30-20(27)15-8-6-13(22)10-17(15)23/h6-12H,4-5,23H2,1-3H3,(H,24,26). The third-order valence-electron chi connectivity index (χ3n) is 4.43. The number of ether oxygens (including phenoxy) is 1. The Morgan fingerprint density at radius 3 is 2.42 bits per heavy atom. The molecule has 1 atom stereocenters. The molecule has 0 saturated carbocycles. The Bertz CT molecular complexity index is 1090. The van der Waals surface area contributed by atoms with Gasteiger partial charge in [0.05, 0.1) is 21.2 Å². The molecule has 0 fully saturated rings. The lowest BCUT2D eigenvalue weighted by molar-refractivity contribution is -0.123. The molecule has 2 aromatic carbocycles. The molecule has 3 N–H and O–H groups in total. The van der Waals surface area contributed by atoms with Crippen LogP contribution in [-0.4, -0.2) is 43.8 Å². The Balaban J connectivity index is 2.18. The second-order valence-electron chi connectivity index (χ2n) is 6.50. The number of amides is 1. The largest absolute Gasteiger partial charge is 0.449 e. The minimum atomic E-state index is -3.77. The van der Waals surface area contributed by atoms with Crippen LogP contribution in [0, 0.1) is 5.82 Å². The summed E-state index contributed by atoms with van der Waals surface area (Å²) in [5.74, 6) is -2.27. The molecule has 0 aliphatic carbocycles. The molecule has 0 heterocycles. The van der Waals surface area contributed by atoms with E-state index in [2.05, 4.69) is 5.32 Å². The highest BCUT2D eigenvalue weighted by Crippen LogP contribution is 2.27. The van der Waals surface area contributed by atoms with Crippen molar-refractivity contribution in [1.82, 2.24) is 4.31 Å². The van der Waals surface area contributed by atoms with E-state index in [1.54, 1.807) is 13.8 Å². The van der Waals surface area contributed by atoms with Crippen LogP contribution in [-0.2, 0) is 19.6 Å². The predicted molar refractivity (Wildman–Crippen MR) is 116 cm³/mol. The number of anilines is 2. The van der Waals surface area contributed by atoms with Crippen LogP contribution in [0.2, 0.25) is 5.02 Å². The first-order chi connectivity index (χ1) is 14.5. The monoisotopic (exact) mass is 471 g/mol. The number of halogens is 2. The van der Waals surface area contributed by atoms with Gasteiger partial charge in [0.1, 0.15) is 5.82 Å². The van der Waals surface area contributed by atoms with Crippen LogP contribution in [0.25, 0.3) is 0 Å². The van der Waals surface area contributed by atoms with Crippen molar-refractivity contribution in [2.75, 3.05) is 24.1 Å². The Morgan fingerprint density at radius 1 is 1.19 bits per heavy atom. The smallest absolute Gasteiger partial charge is 0.341 e. The molecule has 0 aliphatic heterocycles. The zero-order valence-corrected chi connectivity index (χ0v) is 18.8. The van der Waals surface area contributed by atoms with E-state index in [1.807, 2.05) is 0 Å². The van der Waals surface area contributed by atoms with Gasteiger partial charge in [-0.15, -0.1) is 0 Å². The molecule has 11 heteroatoms. The Hall–Kier alpha value is -2.69. The van der Waals surface area contributed by atoms with E-state index in [9.17, 15) is 22.4 Å². The van der Waals surface area contributed by atoms with E-state index in [0.717, 1.165) is 18.2 Å². The summed E-state index contributed by atoms with van der Waals surface area (Å²) in [5.41, 5.74) is 5.43. The first-order valence-corrected chi connectivity index (χ1v) is 11.2. The summed E-state index contributed by atoms with van der Waals surface area (Å²) in [5, 5.41) is 2.56. The number of esters is 1. The van der Waals surface area contributed by atoms with Gasteiger partial charge in [0.25, 0.3) is 5.91 Å². The summed E-state index contributed by atoms with van der Waals surface area (Å²) in [6, 6.07) is 7.08. The van der Waals surface area contributed by atoms with Crippen molar-refractivity contribution in [3.8, 4) is 0 Å². The first kappa shape index (κ1) is 24.6. The zero-order valence-electron chi connectivity index (χ0n) is 17.2. The van der Waals surface area contributed by atoms with Crippen molar-refractivity contribution >= 4 is 44.9 Å². The lowest BCUT2D eigenvalue weighted by Gasteiger charge is -2.19. The third-order valence-corrected chi connectivity index (χ3v) is 6.80. The highest BCUT2D eigenvalue weighted by molar-refractivity contribution is 7.89. The van der Waals surface area contributed by atoms with Crippen LogP contribution in [0.5, 0.6) is 0 Å². The number of nitrogen functional groups attached to an aromatic ring is 1. The van der Waals surface area contributed by atoms with Gasteiger partial charge in [-0.05, 0) is 43.3 Å². The quantitative estimate of drug-likeness (QED) is 0.450. The maximum Gasteiger partial charge on any atom is 0.341 e. The van der Waals surface area contributed by atoms with E-state index < -0.39 is 33.8 Å². The lowest BCUT2D eigenvalue weighted by Crippen LogP contribution is -2.31. The van der Waals surface area contributed by atoms with Gasteiger partial charge in [0.2, 0.25) is 10.0 Å². The molecule has 2 aromatic rings. The van der Waals surface area contributed by atoms with Crippen LogP contribution in [0.4, 0.5) is 15.8 Å². The highest BCUT2D eigenvalue weighted by atomic mass is 35.5. The topological polar surface area (TPSA) is 119 Å². The predicted octanol–water partition coefficient (Wildman–Crippen LogP) is 3.28. The van der Waals surface area contributed by atoms with Gasteiger partial charge >= 0.3 is 5.97 Å². The van der Waals surface area contributed by atoms with Gasteiger partial charge in [-0.2, -0.15) is 4.31 Å². The lowest BCUT2D eigenvalue weighted by atomic mass is 10.2. The molecule has 0 bridgehead atoms. The number of carbonyl (C=O) groups is 2. The molecular weight excluding hydrogens is 449 g/mol. The Kier molecular flexibility index (Phi) is 7.99. The van der Waals surface area contributed by atoms with E-state index in [-0.39, 0.29) is 39.9 Å². The van der Waals surface area contributed by atoms with Crippen molar-refractivity contribution in [1.29, 1.82) is 0 Å². The fourth-order valence-corrected chi connectivity index (χ4v) is 4.35. The minimum Gasteiger partial charge on any atom is -0.449 e. The van der Waals surface area contributed by atoms with Crippen LogP contribution < -0.4 is 11.1 Å². The minimum absolute atomic E-state index is 0.0420. The average Bonchev–Trinajstić information content (AvgIpc) is 2.69. The number of hydrogen-bond donors (Lipinski definition) is 2. The van der Waals surface area contributed by atoms with Crippen molar-refractivity contribution in [3.05, 3.63) is 52.8 Å². The summed E-state index contributed by atoms with van der Waals surface area (Å²) in [6.45, 7) is 5.30. The number of carbonyl (C=O) groups excluding carboxylic acids is 2. The number of benzene rings is 2. The van der Waals surface area contributed by atoms with Crippen LogP contribution >= 0.6 is 11.6 Å². The van der Waals surface area contributed by atoms with Crippen molar-refractivity contribution in [2.45, 2.75) is 31.8 Å². The third kappa shape index (κ3) is 5.72. The molecule has 168 valence electrons.